The number of rotatable bonds is 4. The van der Waals surface area contributed by atoms with E-state index in [1.807, 2.05) is 12.3 Å². The zero-order valence-corrected chi connectivity index (χ0v) is 10.2. The van der Waals surface area contributed by atoms with Crippen LogP contribution in [0.25, 0.3) is 0 Å². The maximum Gasteiger partial charge on any atom is 0.0435 e. The van der Waals surface area contributed by atoms with Gasteiger partial charge in [0.2, 0.25) is 0 Å². The van der Waals surface area contributed by atoms with E-state index in [4.69, 9.17) is 0 Å². The number of aromatic nitrogens is 1. The van der Waals surface area contributed by atoms with E-state index in [1.165, 1.54) is 51.0 Å². The summed E-state index contributed by atoms with van der Waals surface area (Å²) in [5.74, 6) is 0.694. The van der Waals surface area contributed by atoms with E-state index in [0.29, 0.717) is 5.92 Å². The lowest BCUT2D eigenvalue weighted by molar-refractivity contribution is 0.208. The molecule has 0 atom stereocenters. The third-order valence-electron chi connectivity index (χ3n) is 3.52. The van der Waals surface area contributed by atoms with Gasteiger partial charge in [0.05, 0.1) is 0 Å². The van der Waals surface area contributed by atoms with Crippen molar-refractivity contribution in [2.24, 2.45) is 0 Å². The lowest BCUT2D eigenvalue weighted by Crippen LogP contribution is -2.33. The van der Waals surface area contributed by atoms with Gasteiger partial charge in [-0.05, 0) is 51.0 Å². The molecule has 2 heteroatoms. The predicted molar refractivity (Wildman–Crippen MR) is 74.3 cm³/mol. The van der Waals surface area contributed by atoms with Gasteiger partial charge in [-0.25, -0.2) is 0 Å². The van der Waals surface area contributed by atoms with Crippen molar-refractivity contribution >= 4 is 0 Å². The number of nitrogens with zero attached hydrogens (tertiary/aromatic N) is 2. The van der Waals surface area contributed by atoms with E-state index in [2.05, 4.69) is 28.9 Å². The van der Waals surface area contributed by atoms with Crippen molar-refractivity contribution in [3.8, 4) is 0 Å². The van der Waals surface area contributed by atoms with Gasteiger partial charge in [-0.15, -0.1) is 0 Å². The summed E-state index contributed by atoms with van der Waals surface area (Å²) in [4.78, 5) is 7.07. The van der Waals surface area contributed by atoms with Crippen molar-refractivity contribution in [3.05, 3.63) is 30.1 Å². The Balaban J connectivity index is 0.00000144. The lowest BCUT2D eigenvalue weighted by atomic mass is 9.93. The summed E-state index contributed by atoms with van der Waals surface area (Å²) < 4.78 is 0. The van der Waals surface area contributed by atoms with Crippen LogP contribution in [0.15, 0.2) is 24.4 Å². The molecule has 1 aromatic rings. The van der Waals surface area contributed by atoms with Crippen molar-refractivity contribution < 1.29 is 0 Å². The summed E-state index contributed by atoms with van der Waals surface area (Å²) in [7, 11) is 0. The number of unbranched alkanes of at least 4 members (excludes halogenated alkanes) is 1. The first kappa shape index (κ1) is 14.2. The molecule has 0 radical (unpaired) electrons. The summed E-state index contributed by atoms with van der Waals surface area (Å²) in [5, 5.41) is 0. The Bertz CT molecular complexity index is 289. The van der Waals surface area contributed by atoms with Crippen LogP contribution in [-0.4, -0.2) is 29.5 Å². The second kappa shape index (κ2) is 7.44. The Morgan fingerprint density at radius 2 is 2.06 bits per heavy atom. The maximum atomic E-state index is 4.47. The van der Waals surface area contributed by atoms with Crippen LogP contribution in [0.4, 0.5) is 0 Å². The molecule has 1 saturated heterocycles. The first-order valence-electron chi connectivity index (χ1n) is 6.53. The normalized spacial score (nSPS) is 17.7. The van der Waals surface area contributed by atoms with Crippen LogP contribution in [0.1, 0.15) is 51.6 Å². The Kier molecular flexibility index (Phi) is 6.20. The number of piperidine rings is 1. The topological polar surface area (TPSA) is 16.1 Å². The molecule has 0 saturated carbocycles. The van der Waals surface area contributed by atoms with Gasteiger partial charge in [0, 0.05) is 17.8 Å². The van der Waals surface area contributed by atoms with E-state index in [1.54, 1.807) is 0 Å². The minimum Gasteiger partial charge on any atom is -0.303 e. The van der Waals surface area contributed by atoms with Crippen LogP contribution in [0, 0.1) is 0 Å². The third kappa shape index (κ3) is 4.12. The number of hydrogen-bond acceptors (Lipinski definition) is 2. The molecule has 17 heavy (non-hydrogen) atoms. The van der Waals surface area contributed by atoms with Gasteiger partial charge >= 0.3 is 0 Å². The van der Waals surface area contributed by atoms with Gasteiger partial charge in [0.1, 0.15) is 0 Å². The monoisotopic (exact) mass is 234 g/mol. The predicted octanol–water partition coefficient (Wildman–Crippen LogP) is 3.70. The quantitative estimate of drug-likeness (QED) is 0.789. The van der Waals surface area contributed by atoms with Crippen molar-refractivity contribution in [2.45, 2.75) is 46.0 Å². The van der Waals surface area contributed by atoms with Crippen LogP contribution < -0.4 is 0 Å². The van der Waals surface area contributed by atoms with E-state index in [0.717, 1.165) is 0 Å². The third-order valence-corrected chi connectivity index (χ3v) is 3.52. The number of pyridine rings is 1. The molecule has 2 heterocycles. The summed E-state index contributed by atoms with van der Waals surface area (Å²) in [5.41, 5.74) is 1.29. The molecule has 2 nitrogen and oxygen atoms in total. The van der Waals surface area contributed by atoms with E-state index >= 15 is 0 Å². The number of likely N-dealkylation sites (tertiary alicyclic amines) is 1. The van der Waals surface area contributed by atoms with Crippen LogP contribution in [0.2, 0.25) is 0 Å². The molecule has 1 aliphatic rings. The summed E-state index contributed by atoms with van der Waals surface area (Å²) in [6.07, 6.45) is 7.12. The zero-order chi connectivity index (χ0) is 11.2. The zero-order valence-electron chi connectivity index (χ0n) is 10.2. The Morgan fingerprint density at radius 1 is 1.29 bits per heavy atom. The highest BCUT2D eigenvalue weighted by Gasteiger charge is 2.20. The minimum atomic E-state index is 0. The fourth-order valence-corrected chi connectivity index (χ4v) is 2.45. The molecule has 0 unspecified atom stereocenters. The molecule has 0 N–H and O–H groups in total. The van der Waals surface area contributed by atoms with Crippen molar-refractivity contribution in [3.63, 3.8) is 0 Å². The molecule has 96 valence electrons. The van der Waals surface area contributed by atoms with Gasteiger partial charge in [0.25, 0.3) is 0 Å². The van der Waals surface area contributed by atoms with Gasteiger partial charge in [-0.1, -0.05) is 26.8 Å². The number of hydrogen-bond donors (Lipinski definition) is 0. The van der Waals surface area contributed by atoms with E-state index in [-0.39, 0.29) is 7.43 Å². The van der Waals surface area contributed by atoms with Gasteiger partial charge in [-0.3, -0.25) is 4.98 Å². The molecule has 0 spiro atoms. The molecule has 0 amide bonds. The molecule has 2 rings (SSSR count). The van der Waals surface area contributed by atoms with E-state index < -0.39 is 0 Å². The highest BCUT2D eigenvalue weighted by atomic mass is 15.1. The summed E-state index contributed by atoms with van der Waals surface area (Å²) >= 11 is 0. The molecular formula is C15H26N2. The van der Waals surface area contributed by atoms with Gasteiger partial charge < -0.3 is 4.90 Å². The summed E-state index contributed by atoms with van der Waals surface area (Å²) in [6, 6.07) is 6.28. The van der Waals surface area contributed by atoms with Gasteiger partial charge in [-0.2, -0.15) is 0 Å². The highest BCUT2D eigenvalue weighted by molar-refractivity contribution is 5.10. The molecule has 1 fully saturated rings. The van der Waals surface area contributed by atoms with E-state index in [9.17, 15) is 0 Å². The fraction of sp³-hybridized carbons (Fsp3) is 0.667. The van der Waals surface area contributed by atoms with Crippen LogP contribution in [0.3, 0.4) is 0 Å². The van der Waals surface area contributed by atoms with Crippen LogP contribution in [-0.2, 0) is 0 Å². The minimum absolute atomic E-state index is 0. The largest absolute Gasteiger partial charge is 0.303 e. The van der Waals surface area contributed by atoms with Crippen molar-refractivity contribution in [2.75, 3.05) is 19.6 Å². The second-order valence-electron chi connectivity index (χ2n) is 4.72. The average molecular weight is 234 g/mol. The Hall–Kier alpha value is -0.890. The Labute approximate surface area is 106 Å². The first-order chi connectivity index (χ1) is 7.90. The van der Waals surface area contributed by atoms with Gasteiger partial charge in [0.15, 0.2) is 0 Å². The molecule has 0 aliphatic carbocycles. The standard InChI is InChI=1S/C14H22N2.CH4/c1-2-3-10-16-11-7-13(8-12-16)14-6-4-5-9-15-14;/h4-6,9,13H,2-3,7-8,10-12H2,1H3;1H4. The smallest absolute Gasteiger partial charge is 0.0435 e. The van der Waals surface area contributed by atoms with Crippen molar-refractivity contribution in [1.29, 1.82) is 0 Å². The first-order valence-corrected chi connectivity index (χ1v) is 6.53. The molecule has 1 aromatic heterocycles. The lowest BCUT2D eigenvalue weighted by Gasteiger charge is -2.31. The fourth-order valence-electron chi connectivity index (χ4n) is 2.45. The Morgan fingerprint density at radius 3 is 2.65 bits per heavy atom. The van der Waals surface area contributed by atoms with Crippen molar-refractivity contribution in [1.82, 2.24) is 9.88 Å². The maximum absolute atomic E-state index is 4.47. The molecule has 0 bridgehead atoms. The SMILES string of the molecule is C.CCCCN1CCC(c2ccccn2)CC1. The molecule has 0 aromatic carbocycles. The highest BCUT2D eigenvalue weighted by Crippen LogP contribution is 2.26. The molecular weight excluding hydrogens is 208 g/mol. The van der Waals surface area contributed by atoms with Crippen LogP contribution in [0.5, 0.6) is 0 Å². The summed E-state index contributed by atoms with van der Waals surface area (Å²) in [6.45, 7) is 6.05. The van der Waals surface area contributed by atoms with Crippen LogP contribution >= 0.6 is 0 Å². The molecule has 1 aliphatic heterocycles. The average Bonchev–Trinajstić information content (AvgIpc) is 2.38. The second-order valence-corrected chi connectivity index (χ2v) is 4.72.